The Kier molecular flexibility index (Phi) is 3.69. The Labute approximate surface area is 120 Å². The lowest BCUT2D eigenvalue weighted by molar-refractivity contribution is 0.0950. The normalized spacial score (nSPS) is 21.1. The molecule has 1 fully saturated rings. The zero-order chi connectivity index (χ0) is 12.6. The molecule has 1 atom stereocenters. The molecule has 0 saturated heterocycles. The number of halogens is 2. The van der Waals surface area contributed by atoms with Gasteiger partial charge >= 0.3 is 0 Å². The van der Waals surface area contributed by atoms with E-state index in [0.29, 0.717) is 21.9 Å². The van der Waals surface area contributed by atoms with Gasteiger partial charge in [0.1, 0.15) is 0 Å². The lowest BCUT2D eigenvalue weighted by Gasteiger charge is -2.07. The Morgan fingerprint density at radius 1 is 1.59 bits per heavy atom. The first-order valence-corrected chi connectivity index (χ1v) is 7.09. The Morgan fingerprint density at radius 3 is 2.76 bits per heavy atom. The van der Waals surface area contributed by atoms with Gasteiger partial charge in [-0.2, -0.15) is 0 Å². The van der Waals surface area contributed by atoms with E-state index in [1.165, 1.54) is 6.42 Å². The number of carbonyl (C=O) groups is 1. The SMILES string of the molecule is CC1(C)CC1CNC(=O)c1ccc(I)c(Cl)c1. The van der Waals surface area contributed by atoms with E-state index in [4.69, 9.17) is 11.6 Å². The summed E-state index contributed by atoms with van der Waals surface area (Å²) < 4.78 is 0.962. The molecule has 0 aromatic heterocycles. The second-order valence-corrected chi connectivity index (χ2v) is 6.80. The van der Waals surface area contributed by atoms with E-state index in [2.05, 4.69) is 41.8 Å². The van der Waals surface area contributed by atoms with Gasteiger partial charge in [0.2, 0.25) is 0 Å². The highest BCUT2D eigenvalue weighted by molar-refractivity contribution is 14.1. The molecule has 92 valence electrons. The molecule has 2 rings (SSSR count). The molecule has 1 saturated carbocycles. The second kappa shape index (κ2) is 4.76. The van der Waals surface area contributed by atoms with Gasteiger partial charge < -0.3 is 5.32 Å². The zero-order valence-corrected chi connectivity index (χ0v) is 12.8. The van der Waals surface area contributed by atoms with Crippen LogP contribution in [0.25, 0.3) is 0 Å². The van der Waals surface area contributed by atoms with Crippen LogP contribution in [0.4, 0.5) is 0 Å². The summed E-state index contributed by atoms with van der Waals surface area (Å²) in [6.45, 7) is 5.21. The summed E-state index contributed by atoms with van der Waals surface area (Å²) in [6.07, 6.45) is 1.20. The van der Waals surface area contributed by atoms with E-state index in [0.717, 1.165) is 10.1 Å². The highest BCUT2D eigenvalue weighted by Gasteiger charge is 2.45. The maximum Gasteiger partial charge on any atom is 0.251 e. The van der Waals surface area contributed by atoms with Crippen molar-refractivity contribution in [3.8, 4) is 0 Å². The Bertz CT molecular complexity index is 459. The average Bonchev–Trinajstić information content (AvgIpc) is 2.87. The largest absolute Gasteiger partial charge is 0.352 e. The van der Waals surface area contributed by atoms with Crippen LogP contribution >= 0.6 is 34.2 Å². The molecule has 1 aromatic carbocycles. The molecule has 4 heteroatoms. The number of amides is 1. The van der Waals surface area contributed by atoms with Crippen LogP contribution in [0.5, 0.6) is 0 Å². The quantitative estimate of drug-likeness (QED) is 0.815. The summed E-state index contributed by atoms with van der Waals surface area (Å²) in [5.74, 6) is 0.580. The first kappa shape index (κ1) is 13.1. The molecule has 0 spiro atoms. The number of rotatable bonds is 3. The smallest absolute Gasteiger partial charge is 0.251 e. The predicted octanol–water partition coefficient (Wildman–Crippen LogP) is 3.72. The van der Waals surface area contributed by atoms with Crippen molar-refractivity contribution in [2.45, 2.75) is 20.3 Å². The van der Waals surface area contributed by atoms with Crippen molar-refractivity contribution >= 4 is 40.1 Å². The fourth-order valence-electron chi connectivity index (χ4n) is 1.88. The molecule has 17 heavy (non-hydrogen) atoms. The summed E-state index contributed by atoms with van der Waals surface area (Å²) in [4.78, 5) is 11.9. The summed E-state index contributed by atoms with van der Waals surface area (Å²) in [6, 6.07) is 5.39. The van der Waals surface area contributed by atoms with Crippen LogP contribution < -0.4 is 5.32 Å². The van der Waals surface area contributed by atoms with Gasteiger partial charge in [-0.15, -0.1) is 0 Å². The first-order valence-electron chi connectivity index (χ1n) is 5.63. The van der Waals surface area contributed by atoms with Gasteiger partial charge in [-0.05, 0) is 58.5 Å². The molecule has 0 radical (unpaired) electrons. The van der Waals surface area contributed by atoms with Gasteiger partial charge in [0.25, 0.3) is 5.91 Å². The topological polar surface area (TPSA) is 29.1 Å². The number of benzene rings is 1. The van der Waals surface area contributed by atoms with E-state index in [1.807, 2.05) is 6.07 Å². The molecule has 0 aliphatic heterocycles. The molecule has 1 unspecified atom stereocenters. The summed E-state index contributed by atoms with van der Waals surface area (Å²) in [5.41, 5.74) is 1.03. The molecule has 1 amide bonds. The standard InChI is InChI=1S/C13H15ClINO/c1-13(2)6-9(13)7-16-12(17)8-3-4-11(15)10(14)5-8/h3-5,9H,6-7H2,1-2H3,(H,16,17). The fraction of sp³-hybridized carbons (Fsp3) is 0.462. The van der Waals surface area contributed by atoms with Crippen molar-refractivity contribution in [3.63, 3.8) is 0 Å². The summed E-state index contributed by atoms with van der Waals surface area (Å²) in [5, 5.41) is 3.59. The van der Waals surface area contributed by atoms with Gasteiger partial charge in [0, 0.05) is 15.7 Å². The third-order valence-corrected chi connectivity index (χ3v) is 4.98. The van der Waals surface area contributed by atoms with Crippen LogP contribution in [0.15, 0.2) is 18.2 Å². The lowest BCUT2D eigenvalue weighted by atomic mass is 10.1. The summed E-state index contributed by atoms with van der Waals surface area (Å²) in [7, 11) is 0. The van der Waals surface area contributed by atoms with Crippen molar-refractivity contribution < 1.29 is 4.79 Å². The van der Waals surface area contributed by atoms with Crippen molar-refractivity contribution in [2.24, 2.45) is 11.3 Å². The third-order valence-electron chi connectivity index (χ3n) is 3.41. The maximum absolute atomic E-state index is 11.9. The van der Waals surface area contributed by atoms with Crippen LogP contribution in [0.2, 0.25) is 5.02 Å². The van der Waals surface area contributed by atoms with E-state index in [1.54, 1.807) is 12.1 Å². The number of carbonyl (C=O) groups excluding carboxylic acids is 1. The van der Waals surface area contributed by atoms with Crippen LogP contribution in [0.1, 0.15) is 30.6 Å². The Hall–Kier alpha value is -0.290. The van der Waals surface area contributed by atoms with Gasteiger partial charge in [0.05, 0.1) is 5.02 Å². The van der Waals surface area contributed by atoms with Gasteiger partial charge in [0.15, 0.2) is 0 Å². The van der Waals surface area contributed by atoms with Gasteiger partial charge in [-0.3, -0.25) is 4.79 Å². The Balaban J connectivity index is 1.93. The molecule has 2 nitrogen and oxygen atoms in total. The molecule has 1 aliphatic rings. The molecule has 0 bridgehead atoms. The van der Waals surface area contributed by atoms with E-state index < -0.39 is 0 Å². The number of hydrogen-bond acceptors (Lipinski definition) is 1. The van der Waals surface area contributed by atoms with Crippen molar-refractivity contribution in [2.75, 3.05) is 6.54 Å². The van der Waals surface area contributed by atoms with Gasteiger partial charge in [-0.25, -0.2) is 0 Å². The van der Waals surface area contributed by atoms with Crippen LogP contribution in [-0.4, -0.2) is 12.5 Å². The van der Waals surface area contributed by atoms with Crippen LogP contribution in [0.3, 0.4) is 0 Å². The third kappa shape index (κ3) is 3.13. The highest BCUT2D eigenvalue weighted by Crippen LogP contribution is 2.50. The maximum atomic E-state index is 11.9. The average molecular weight is 364 g/mol. The predicted molar refractivity (Wildman–Crippen MR) is 78.4 cm³/mol. The molecular formula is C13H15ClINO. The fourth-order valence-corrected chi connectivity index (χ4v) is 2.40. The molecule has 1 N–H and O–H groups in total. The molecule has 1 aliphatic carbocycles. The highest BCUT2D eigenvalue weighted by atomic mass is 127. The van der Waals surface area contributed by atoms with E-state index in [9.17, 15) is 4.79 Å². The van der Waals surface area contributed by atoms with Crippen LogP contribution in [0, 0.1) is 14.9 Å². The minimum atomic E-state index is -0.0361. The van der Waals surface area contributed by atoms with E-state index in [-0.39, 0.29) is 5.91 Å². The number of nitrogens with one attached hydrogen (secondary N) is 1. The monoisotopic (exact) mass is 363 g/mol. The minimum absolute atomic E-state index is 0.0361. The van der Waals surface area contributed by atoms with Gasteiger partial charge in [-0.1, -0.05) is 25.4 Å². The zero-order valence-electron chi connectivity index (χ0n) is 9.89. The second-order valence-electron chi connectivity index (χ2n) is 5.23. The lowest BCUT2D eigenvalue weighted by Crippen LogP contribution is -2.26. The molecular weight excluding hydrogens is 349 g/mol. The van der Waals surface area contributed by atoms with E-state index >= 15 is 0 Å². The molecule has 0 heterocycles. The summed E-state index contributed by atoms with van der Waals surface area (Å²) >= 11 is 8.14. The van der Waals surface area contributed by atoms with Crippen LogP contribution in [-0.2, 0) is 0 Å². The first-order chi connectivity index (χ1) is 7.90. The number of hydrogen-bond donors (Lipinski definition) is 1. The molecule has 1 aromatic rings. The minimum Gasteiger partial charge on any atom is -0.352 e. The Morgan fingerprint density at radius 2 is 2.24 bits per heavy atom. The van der Waals surface area contributed by atoms with Crippen molar-refractivity contribution in [1.29, 1.82) is 0 Å². The van der Waals surface area contributed by atoms with Crippen molar-refractivity contribution in [3.05, 3.63) is 32.4 Å². The van der Waals surface area contributed by atoms with Crippen molar-refractivity contribution in [1.82, 2.24) is 5.32 Å².